The molecule has 1 rings (SSSR count). The van der Waals surface area contributed by atoms with Crippen LogP contribution in [0.5, 0.6) is 0 Å². The minimum Gasteiger partial charge on any atom is -0.511 e. The van der Waals surface area contributed by atoms with Gasteiger partial charge in [0.1, 0.15) is 11.7 Å². The predicted molar refractivity (Wildman–Crippen MR) is 49.6 cm³/mol. The third-order valence-electron chi connectivity index (χ3n) is 2.26. The van der Waals surface area contributed by atoms with Gasteiger partial charge >= 0.3 is 5.97 Å². The Morgan fingerprint density at radius 2 is 2.36 bits per heavy atom. The minimum absolute atomic E-state index is 0.143. The SMILES string of the molecule is CCOC(=O)[C@H]1C(O)=CC(=O)C[C@@H]1C. The van der Waals surface area contributed by atoms with E-state index in [-0.39, 0.29) is 30.5 Å². The first-order valence-electron chi connectivity index (χ1n) is 4.66. The fraction of sp³-hybridized carbons (Fsp3) is 0.600. The zero-order chi connectivity index (χ0) is 10.7. The zero-order valence-electron chi connectivity index (χ0n) is 8.32. The van der Waals surface area contributed by atoms with Gasteiger partial charge in [0.25, 0.3) is 0 Å². The van der Waals surface area contributed by atoms with Crippen molar-refractivity contribution < 1.29 is 19.4 Å². The van der Waals surface area contributed by atoms with Gasteiger partial charge in [-0.15, -0.1) is 0 Å². The van der Waals surface area contributed by atoms with Crippen molar-refractivity contribution in [2.45, 2.75) is 20.3 Å². The van der Waals surface area contributed by atoms with Crippen LogP contribution in [-0.2, 0) is 14.3 Å². The predicted octanol–water partition coefficient (Wildman–Crippen LogP) is 1.22. The Bertz CT molecular complexity index is 280. The molecule has 4 nitrogen and oxygen atoms in total. The number of hydrogen-bond acceptors (Lipinski definition) is 4. The summed E-state index contributed by atoms with van der Waals surface area (Å²) < 4.78 is 4.81. The first-order valence-corrected chi connectivity index (χ1v) is 4.66. The molecule has 0 spiro atoms. The Labute approximate surface area is 82.6 Å². The molecule has 2 atom stereocenters. The molecule has 0 heterocycles. The molecule has 0 saturated heterocycles. The second-order valence-electron chi connectivity index (χ2n) is 3.45. The van der Waals surface area contributed by atoms with Crippen molar-refractivity contribution in [1.82, 2.24) is 0 Å². The van der Waals surface area contributed by atoms with Gasteiger partial charge in [0.05, 0.1) is 6.61 Å². The van der Waals surface area contributed by atoms with E-state index in [0.29, 0.717) is 0 Å². The van der Waals surface area contributed by atoms with Gasteiger partial charge in [-0.25, -0.2) is 0 Å². The van der Waals surface area contributed by atoms with Gasteiger partial charge in [-0.3, -0.25) is 9.59 Å². The molecule has 0 aliphatic heterocycles. The molecule has 4 heteroatoms. The molecule has 1 aliphatic carbocycles. The van der Waals surface area contributed by atoms with Crippen molar-refractivity contribution in [3.05, 3.63) is 11.8 Å². The van der Waals surface area contributed by atoms with Crippen LogP contribution in [-0.4, -0.2) is 23.5 Å². The van der Waals surface area contributed by atoms with Gasteiger partial charge in [0.15, 0.2) is 5.78 Å². The fourth-order valence-electron chi connectivity index (χ4n) is 1.63. The number of carbonyl (C=O) groups excluding carboxylic acids is 2. The van der Waals surface area contributed by atoms with Crippen LogP contribution >= 0.6 is 0 Å². The average molecular weight is 198 g/mol. The highest BCUT2D eigenvalue weighted by Gasteiger charge is 2.34. The van der Waals surface area contributed by atoms with Crippen LogP contribution < -0.4 is 0 Å². The summed E-state index contributed by atoms with van der Waals surface area (Å²) in [6, 6.07) is 0. The second kappa shape index (κ2) is 4.26. The summed E-state index contributed by atoms with van der Waals surface area (Å²) in [5.74, 6) is -1.64. The number of hydrogen-bond donors (Lipinski definition) is 1. The molecular formula is C10H14O4. The molecule has 0 aromatic heterocycles. The number of rotatable bonds is 2. The number of carbonyl (C=O) groups is 2. The Morgan fingerprint density at radius 3 is 2.86 bits per heavy atom. The van der Waals surface area contributed by atoms with Crippen LogP contribution in [0.3, 0.4) is 0 Å². The van der Waals surface area contributed by atoms with Crippen molar-refractivity contribution in [1.29, 1.82) is 0 Å². The molecule has 0 aromatic rings. The number of aliphatic hydroxyl groups is 1. The summed E-state index contributed by atoms with van der Waals surface area (Å²) in [4.78, 5) is 22.4. The Balaban J connectivity index is 2.81. The Kier molecular flexibility index (Phi) is 3.28. The van der Waals surface area contributed by atoms with Crippen LogP contribution in [0, 0.1) is 11.8 Å². The molecule has 0 bridgehead atoms. The molecule has 0 saturated carbocycles. The number of ketones is 1. The smallest absolute Gasteiger partial charge is 0.316 e. The lowest BCUT2D eigenvalue weighted by Gasteiger charge is -2.24. The monoisotopic (exact) mass is 198 g/mol. The lowest BCUT2D eigenvalue weighted by Crippen LogP contribution is -2.31. The maximum atomic E-state index is 11.4. The van der Waals surface area contributed by atoms with Gasteiger partial charge in [-0.05, 0) is 12.8 Å². The van der Waals surface area contributed by atoms with Crippen molar-refractivity contribution in [3.8, 4) is 0 Å². The summed E-state index contributed by atoms with van der Waals surface area (Å²) >= 11 is 0. The first-order chi connectivity index (χ1) is 6.56. The van der Waals surface area contributed by atoms with Crippen molar-refractivity contribution >= 4 is 11.8 Å². The van der Waals surface area contributed by atoms with E-state index >= 15 is 0 Å². The topological polar surface area (TPSA) is 63.6 Å². The maximum absolute atomic E-state index is 11.4. The van der Waals surface area contributed by atoms with Crippen LogP contribution in [0.2, 0.25) is 0 Å². The van der Waals surface area contributed by atoms with Crippen molar-refractivity contribution in [2.75, 3.05) is 6.61 Å². The van der Waals surface area contributed by atoms with E-state index < -0.39 is 11.9 Å². The van der Waals surface area contributed by atoms with E-state index in [0.717, 1.165) is 6.08 Å². The molecule has 0 aromatic carbocycles. The minimum atomic E-state index is -0.673. The quantitative estimate of drug-likeness (QED) is 0.677. The number of allylic oxidation sites excluding steroid dienone is 1. The third-order valence-corrected chi connectivity index (χ3v) is 2.26. The van der Waals surface area contributed by atoms with E-state index in [2.05, 4.69) is 0 Å². The summed E-state index contributed by atoms with van der Waals surface area (Å²) in [5.41, 5.74) is 0. The molecule has 78 valence electrons. The highest BCUT2D eigenvalue weighted by molar-refractivity contribution is 5.93. The van der Waals surface area contributed by atoms with Gasteiger partial charge in [0.2, 0.25) is 0 Å². The zero-order valence-corrected chi connectivity index (χ0v) is 8.32. The molecule has 1 N–H and O–H groups in total. The van der Waals surface area contributed by atoms with Gasteiger partial charge in [-0.1, -0.05) is 6.92 Å². The maximum Gasteiger partial charge on any atom is 0.316 e. The summed E-state index contributed by atoms with van der Waals surface area (Å²) in [7, 11) is 0. The van der Waals surface area contributed by atoms with E-state index in [4.69, 9.17) is 4.74 Å². The van der Waals surface area contributed by atoms with Gasteiger partial charge in [-0.2, -0.15) is 0 Å². The molecule has 0 amide bonds. The van der Waals surface area contributed by atoms with E-state index in [9.17, 15) is 14.7 Å². The van der Waals surface area contributed by atoms with Crippen LogP contribution in [0.1, 0.15) is 20.3 Å². The standard InChI is InChI=1S/C10H14O4/c1-3-14-10(13)9-6(2)4-7(11)5-8(9)12/h5-6,9,12H,3-4H2,1-2H3/t6-,9+/m0/s1. The lowest BCUT2D eigenvalue weighted by atomic mass is 9.83. The van der Waals surface area contributed by atoms with Crippen molar-refractivity contribution in [2.24, 2.45) is 11.8 Å². The second-order valence-corrected chi connectivity index (χ2v) is 3.45. The van der Waals surface area contributed by atoms with Crippen LogP contribution in [0.15, 0.2) is 11.8 Å². The van der Waals surface area contributed by atoms with Crippen LogP contribution in [0.25, 0.3) is 0 Å². The number of aliphatic hydroxyl groups excluding tert-OH is 1. The Morgan fingerprint density at radius 1 is 1.71 bits per heavy atom. The summed E-state index contributed by atoms with van der Waals surface area (Å²) in [6.45, 7) is 3.74. The molecule has 0 unspecified atom stereocenters. The molecule has 0 fully saturated rings. The first kappa shape index (κ1) is 10.8. The highest BCUT2D eigenvalue weighted by Crippen LogP contribution is 2.28. The van der Waals surface area contributed by atoms with Crippen molar-refractivity contribution in [3.63, 3.8) is 0 Å². The molecule has 14 heavy (non-hydrogen) atoms. The Hall–Kier alpha value is -1.32. The largest absolute Gasteiger partial charge is 0.511 e. The summed E-state index contributed by atoms with van der Waals surface area (Å²) in [6.07, 6.45) is 1.40. The number of ether oxygens (including phenoxy) is 1. The normalized spacial score (nSPS) is 27.0. The number of esters is 1. The van der Waals surface area contributed by atoms with Crippen LogP contribution in [0.4, 0.5) is 0 Å². The average Bonchev–Trinajstić information content (AvgIpc) is 2.01. The summed E-state index contributed by atoms with van der Waals surface area (Å²) in [5, 5.41) is 9.45. The highest BCUT2D eigenvalue weighted by atomic mass is 16.5. The lowest BCUT2D eigenvalue weighted by molar-refractivity contribution is -0.149. The van der Waals surface area contributed by atoms with E-state index in [1.165, 1.54) is 0 Å². The fourth-order valence-corrected chi connectivity index (χ4v) is 1.63. The third kappa shape index (κ3) is 2.13. The molecule has 1 aliphatic rings. The molecular weight excluding hydrogens is 184 g/mol. The van der Waals surface area contributed by atoms with Gasteiger partial charge < -0.3 is 9.84 Å². The van der Waals surface area contributed by atoms with Gasteiger partial charge in [0, 0.05) is 12.5 Å². The molecule has 0 radical (unpaired) electrons. The van der Waals surface area contributed by atoms with E-state index in [1.807, 2.05) is 0 Å². The van der Waals surface area contributed by atoms with E-state index in [1.54, 1.807) is 13.8 Å².